The van der Waals surface area contributed by atoms with E-state index in [0.29, 0.717) is 0 Å². The quantitative estimate of drug-likeness (QED) is 0.596. The molecule has 0 aromatic heterocycles. The molecule has 0 unspecified atom stereocenters. The lowest BCUT2D eigenvalue weighted by atomic mass is 10.9. The van der Waals surface area contributed by atoms with E-state index < -0.39 is 17.9 Å². The first kappa shape index (κ1) is 22.7. The summed E-state index contributed by atoms with van der Waals surface area (Å²) in [5, 5.41) is 22.2. The molecule has 0 rings (SSSR count). The maximum absolute atomic E-state index is 9.00. The molecule has 3 N–H and O–H groups in total. The van der Waals surface area contributed by atoms with Gasteiger partial charge in [-0.3, -0.25) is 14.4 Å². The Bertz CT molecular complexity index is 115. The van der Waals surface area contributed by atoms with Crippen molar-refractivity contribution in [2.45, 2.75) is 20.8 Å². The second-order valence-electron chi connectivity index (χ2n) is 1.56. The smallest absolute Gasteiger partial charge is 0.300 e. The van der Waals surface area contributed by atoms with Crippen LogP contribution in [0.1, 0.15) is 20.8 Å². The van der Waals surface area contributed by atoms with Crippen molar-refractivity contribution < 1.29 is 29.7 Å². The highest BCUT2D eigenvalue weighted by atomic mass is 79.9. The van der Waals surface area contributed by atoms with Crippen molar-refractivity contribution in [3.05, 3.63) is 0 Å². The van der Waals surface area contributed by atoms with Gasteiger partial charge in [0.15, 0.2) is 0 Å². The minimum absolute atomic E-state index is 0. The molecule has 0 spiro atoms. The molecule has 0 aliphatic rings. The lowest BCUT2D eigenvalue weighted by Crippen LogP contribution is -1.78. The number of hydrogen-bond donors (Lipinski definition) is 3. The Labute approximate surface area is 86.0 Å². The lowest BCUT2D eigenvalue weighted by molar-refractivity contribution is -0.135. The summed E-state index contributed by atoms with van der Waals surface area (Å²) in [6.45, 7) is 3.25. The summed E-state index contributed by atoms with van der Waals surface area (Å²) in [6.07, 6.45) is 0. The summed E-state index contributed by atoms with van der Waals surface area (Å²) in [7, 11) is 0. The van der Waals surface area contributed by atoms with Crippen molar-refractivity contribution in [2.24, 2.45) is 0 Å². The van der Waals surface area contributed by atoms with Crippen LogP contribution in [-0.2, 0) is 14.4 Å². The Kier molecular flexibility index (Phi) is 29.8. The Morgan fingerprint density at radius 3 is 0.692 bits per heavy atom. The van der Waals surface area contributed by atoms with Gasteiger partial charge in [0.1, 0.15) is 0 Å². The average Bonchev–Trinajstić information content (AvgIpc) is 1.54. The minimum atomic E-state index is -0.833. The van der Waals surface area contributed by atoms with E-state index >= 15 is 0 Å². The largest absolute Gasteiger partial charge is 0.481 e. The fourth-order valence-electron chi connectivity index (χ4n) is 0. The molecule has 80 valence electrons. The van der Waals surface area contributed by atoms with Crippen molar-refractivity contribution in [3.8, 4) is 0 Å². The van der Waals surface area contributed by atoms with Gasteiger partial charge in [0.05, 0.1) is 0 Å². The molecule has 0 saturated heterocycles. The van der Waals surface area contributed by atoms with Crippen LogP contribution in [0, 0.1) is 0 Å². The SMILES string of the molecule is Br.CC(=O)O.CC(=O)O.CC(=O)O. The van der Waals surface area contributed by atoms with Crippen molar-refractivity contribution in [2.75, 3.05) is 0 Å². The van der Waals surface area contributed by atoms with Crippen molar-refractivity contribution in [1.82, 2.24) is 0 Å². The molecule has 0 fully saturated rings. The van der Waals surface area contributed by atoms with E-state index in [1.165, 1.54) is 0 Å². The molecule has 0 amide bonds. The standard InChI is InChI=1S/3C2H4O2.BrH/c3*1-2(3)4;/h3*1H3,(H,3,4);1H. The monoisotopic (exact) mass is 260 g/mol. The normalized spacial score (nSPS) is 5.77. The van der Waals surface area contributed by atoms with E-state index in [2.05, 4.69) is 0 Å². The van der Waals surface area contributed by atoms with Crippen LogP contribution in [0.2, 0.25) is 0 Å². The van der Waals surface area contributed by atoms with Crippen LogP contribution in [0.5, 0.6) is 0 Å². The first-order valence-corrected chi connectivity index (χ1v) is 2.78. The third-order valence-corrected chi connectivity index (χ3v) is 0. The molecule has 0 saturated carbocycles. The minimum Gasteiger partial charge on any atom is -0.481 e. The Balaban J connectivity index is -0.0000000450. The summed E-state index contributed by atoms with van der Waals surface area (Å²) in [4.78, 5) is 27.0. The van der Waals surface area contributed by atoms with Gasteiger partial charge in [0.2, 0.25) is 0 Å². The van der Waals surface area contributed by atoms with Crippen molar-refractivity contribution >= 4 is 34.9 Å². The highest BCUT2D eigenvalue weighted by Gasteiger charge is 1.66. The van der Waals surface area contributed by atoms with Crippen LogP contribution in [-0.4, -0.2) is 33.2 Å². The van der Waals surface area contributed by atoms with E-state index in [0.717, 1.165) is 20.8 Å². The molecule has 0 heterocycles. The van der Waals surface area contributed by atoms with E-state index in [9.17, 15) is 0 Å². The second-order valence-corrected chi connectivity index (χ2v) is 1.56. The van der Waals surface area contributed by atoms with Gasteiger partial charge in [-0.15, -0.1) is 17.0 Å². The lowest BCUT2D eigenvalue weighted by Gasteiger charge is -1.59. The molecule has 0 aromatic rings. The maximum atomic E-state index is 9.00. The third-order valence-electron chi connectivity index (χ3n) is 0. The number of carbonyl (C=O) groups is 3. The fourth-order valence-corrected chi connectivity index (χ4v) is 0. The predicted molar refractivity (Wildman–Crippen MR) is 50.3 cm³/mol. The number of rotatable bonds is 0. The van der Waals surface area contributed by atoms with E-state index in [4.69, 9.17) is 29.7 Å². The molecular weight excluding hydrogens is 248 g/mol. The highest BCUT2D eigenvalue weighted by Crippen LogP contribution is 1.42. The number of aliphatic carboxylic acids is 3. The Hall–Kier alpha value is -1.11. The fraction of sp³-hybridized carbons (Fsp3) is 0.500. The summed E-state index contributed by atoms with van der Waals surface area (Å²) in [6, 6.07) is 0. The van der Waals surface area contributed by atoms with Crippen LogP contribution >= 0.6 is 17.0 Å². The number of carboxylic acid groups (broad SMARTS) is 3. The summed E-state index contributed by atoms with van der Waals surface area (Å²) in [5.74, 6) is -2.50. The molecule has 0 aromatic carbocycles. The molecule has 0 aliphatic heterocycles. The zero-order valence-corrected chi connectivity index (χ0v) is 9.19. The summed E-state index contributed by atoms with van der Waals surface area (Å²) < 4.78 is 0. The average molecular weight is 261 g/mol. The first-order chi connectivity index (χ1) is 5.20. The van der Waals surface area contributed by atoms with Crippen LogP contribution in [0.4, 0.5) is 0 Å². The predicted octanol–water partition coefficient (Wildman–Crippen LogP) is 0.851. The molecule has 0 bridgehead atoms. The molecule has 13 heavy (non-hydrogen) atoms. The van der Waals surface area contributed by atoms with Gasteiger partial charge >= 0.3 is 0 Å². The molecule has 0 atom stereocenters. The van der Waals surface area contributed by atoms with Crippen LogP contribution in [0.15, 0.2) is 0 Å². The number of halogens is 1. The van der Waals surface area contributed by atoms with Gasteiger partial charge in [-0.1, -0.05) is 0 Å². The summed E-state index contributed by atoms with van der Waals surface area (Å²) in [5.41, 5.74) is 0. The zero-order chi connectivity index (χ0) is 10.7. The van der Waals surface area contributed by atoms with Gasteiger partial charge < -0.3 is 15.3 Å². The maximum Gasteiger partial charge on any atom is 0.300 e. The molecule has 0 radical (unpaired) electrons. The third kappa shape index (κ3) is 699. The second kappa shape index (κ2) is 17.1. The molecular formula is C6H13BrO6. The molecule has 0 aliphatic carbocycles. The van der Waals surface area contributed by atoms with E-state index in [-0.39, 0.29) is 17.0 Å². The van der Waals surface area contributed by atoms with E-state index in [1.807, 2.05) is 0 Å². The molecule has 6 nitrogen and oxygen atoms in total. The first-order valence-electron chi connectivity index (χ1n) is 2.78. The van der Waals surface area contributed by atoms with Crippen LogP contribution in [0.25, 0.3) is 0 Å². The highest BCUT2D eigenvalue weighted by molar-refractivity contribution is 8.93. The number of hydrogen-bond acceptors (Lipinski definition) is 3. The van der Waals surface area contributed by atoms with Gasteiger partial charge in [-0.25, -0.2) is 0 Å². The Morgan fingerprint density at radius 1 is 0.692 bits per heavy atom. The topological polar surface area (TPSA) is 112 Å². The van der Waals surface area contributed by atoms with Crippen LogP contribution in [0.3, 0.4) is 0 Å². The van der Waals surface area contributed by atoms with Crippen molar-refractivity contribution in [3.63, 3.8) is 0 Å². The zero-order valence-electron chi connectivity index (χ0n) is 7.47. The van der Waals surface area contributed by atoms with Gasteiger partial charge in [-0.05, 0) is 0 Å². The van der Waals surface area contributed by atoms with Gasteiger partial charge in [0, 0.05) is 20.8 Å². The van der Waals surface area contributed by atoms with Crippen molar-refractivity contribution in [1.29, 1.82) is 0 Å². The van der Waals surface area contributed by atoms with E-state index in [1.54, 1.807) is 0 Å². The van der Waals surface area contributed by atoms with Gasteiger partial charge in [-0.2, -0.15) is 0 Å². The molecule has 7 heteroatoms. The summed E-state index contributed by atoms with van der Waals surface area (Å²) >= 11 is 0. The van der Waals surface area contributed by atoms with Crippen LogP contribution < -0.4 is 0 Å². The Morgan fingerprint density at radius 2 is 0.692 bits per heavy atom. The number of carboxylic acids is 3. The van der Waals surface area contributed by atoms with Gasteiger partial charge in [0.25, 0.3) is 17.9 Å².